The van der Waals surface area contributed by atoms with Crippen molar-refractivity contribution in [3.05, 3.63) is 35.6 Å². The van der Waals surface area contributed by atoms with Crippen molar-refractivity contribution in [3.63, 3.8) is 0 Å². The normalized spacial score (nSPS) is 14.1. The standard InChI is InChI=1S/C15H22FNO2/c1-14(2,3)19-13(18)15(4,5)12(17)10-6-8-11(16)9-7-10/h6-9,12H,17H2,1-5H3/t12-/m0/s1. The van der Waals surface area contributed by atoms with Crippen molar-refractivity contribution >= 4 is 5.97 Å². The summed E-state index contributed by atoms with van der Waals surface area (Å²) in [6, 6.07) is 5.29. The topological polar surface area (TPSA) is 52.3 Å². The van der Waals surface area contributed by atoms with Crippen molar-refractivity contribution in [1.82, 2.24) is 0 Å². The van der Waals surface area contributed by atoms with Crippen LogP contribution in [0.25, 0.3) is 0 Å². The van der Waals surface area contributed by atoms with Gasteiger partial charge in [-0.25, -0.2) is 4.39 Å². The molecular weight excluding hydrogens is 245 g/mol. The third-order valence-electron chi connectivity index (χ3n) is 2.93. The predicted molar refractivity (Wildman–Crippen MR) is 73.0 cm³/mol. The van der Waals surface area contributed by atoms with Crippen LogP contribution in [-0.2, 0) is 9.53 Å². The van der Waals surface area contributed by atoms with Crippen LogP contribution in [0.5, 0.6) is 0 Å². The number of hydrogen-bond acceptors (Lipinski definition) is 3. The molecule has 106 valence electrons. The number of ether oxygens (including phenoxy) is 1. The minimum Gasteiger partial charge on any atom is -0.460 e. The number of rotatable bonds is 3. The zero-order valence-corrected chi connectivity index (χ0v) is 12.2. The van der Waals surface area contributed by atoms with E-state index in [0.717, 1.165) is 0 Å². The molecule has 0 aromatic heterocycles. The molecule has 1 aromatic rings. The van der Waals surface area contributed by atoms with Crippen LogP contribution in [0.2, 0.25) is 0 Å². The number of nitrogens with two attached hydrogens (primary N) is 1. The third kappa shape index (κ3) is 4.03. The molecule has 0 heterocycles. The Morgan fingerprint density at radius 3 is 2.05 bits per heavy atom. The van der Waals surface area contributed by atoms with E-state index < -0.39 is 17.1 Å². The Morgan fingerprint density at radius 1 is 1.16 bits per heavy atom. The second kappa shape index (κ2) is 5.29. The van der Waals surface area contributed by atoms with Gasteiger partial charge in [0.05, 0.1) is 5.41 Å². The van der Waals surface area contributed by atoms with Gasteiger partial charge in [-0.15, -0.1) is 0 Å². The van der Waals surface area contributed by atoms with Crippen molar-refractivity contribution in [3.8, 4) is 0 Å². The van der Waals surface area contributed by atoms with Gasteiger partial charge in [-0.1, -0.05) is 12.1 Å². The molecule has 2 N–H and O–H groups in total. The van der Waals surface area contributed by atoms with Crippen LogP contribution in [0.3, 0.4) is 0 Å². The molecular formula is C15H22FNO2. The van der Waals surface area contributed by atoms with Crippen molar-refractivity contribution < 1.29 is 13.9 Å². The Labute approximate surface area is 113 Å². The van der Waals surface area contributed by atoms with Crippen LogP contribution in [0, 0.1) is 11.2 Å². The molecule has 4 heteroatoms. The fraction of sp³-hybridized carbons (Fsp3) is 0.533. The summed E-state index contributed by atoms with van der Waals surface area (Å²) >= 11 is 0. The molecule has 0 fully saturated rings. The largest absolute Gasteiger partial charge is 0.460 e. The van der Waals surface area contributed by atoms with Crippen LogP contribution in [-0.4, -0.2) is 11.6 Å². The van der Waals surface area contributed by atoms with E-state index in [4.69, 9.17) is 10.5 Å². The van der Waals surface area contributed by atoms with E-state index in [1.807, 2.05) is 20.8 Å². The number of halogens is 1. The molecule has 0 bridgehead atoms. The summed E-state index contributed by atoms with van der Waals surface area (Å²) < 4.78 is 18.3. The Kier molecular flexibility index (Phi) is 4.35. The summed E-state index contributed by atoms with van der Waals surface area (Å²) in [5.74, 6) is -0.692. The number of benzene rings is 1. The first-order chi connectivity index (χ1) is 8.54. The highest BCUT2D eigenvalue weighted by Crippen LogP contribution is 2.33. The summed E-state index contributed by atoms with van der Waals surface area (Å²) in [4.78, 5) is 12.2. The summed E-state index contributed by atoms with van der Waals surface area (Å²) in [6.45, 7) is 8.89. The SMILES string of the molecule is CC(C)(C)OC(=O)C(C)(C)[C@@H](N)c1ccc(F)cc1. The van der Waals surface area contributed by atoms with E-state index >= 15 is 0 Å². The average molecular weight is 267 g/mol. The van der Waals surface area contributed by atoms with Gasteiger partial charge < -0.3 is 10.5 Å². The van der Waals surface area contributed by atoms with E-state index in [1.165, 1.54) is 12.1 Å². The first kappa shape index (κ1) is 15.6. The monoisotopic (exact) mass is 267 g/mol. The average Bonchev–Trinajstić information content (AvgIpc) is 2.26. The van der Waals surface area contributed by atoms with Crippen LogP contribution in [0.4, 0.5) is 4.39 Å². The molecule has 0 unspecified atom stereocenters. The zero-order chi connectivity index (χ0) is 14.8. The number of esters is 1. The zero-order valence-electron chi connectivity index (χ0n) is 12.2. The maximum absolute atomic E-state index is 12.9. The number of carbonyl (C=O) groups excluding carboxylic acids is 1. The molecule has 0 amide bonds. The van der Waals surface area contributed by atoms with E-state index in [-0.39, 0.29) is 11.8 Å². The molecule has 0 saturated carbocycles. The van der Waals surface area contributed by atoms with Gasteiger partial charge in [-0.05, 0) is 52.3 Å². The number of hydrogen-bond donors (Lipinski definition) is 1. The Hall–Kier alpha value is -1.42. The molecule has 0 aliphatic rings. The molecule has 0 radical (unpaired) electrons. The lowest BCUT2D eigenvalue weighted by Gasteiger charge is -2.33. The molecule has 1 aromatic carbocycles. The maximum Gasteiger partial charge on any atom is 0.313 e. The minimum atomic E-state index is -0.884. The van der Waals surface area contributed by atoms with Crippen molar-refractivity contribution in [1.29, 1.82) is 0 Å². The lowest BCUT2D eigenvalue weighted by Crippen LogP contribution is -2.41. The molecule has 1 rings (SSSR count). The van der Waals surface area contributed by atoms with Crippen molar-refractivity contribution in [2.24, 2.45) is 11.1 Å². The molecule has 0 aliphatic heterocycles. The second-order valence-electron chi connectivity index (χ2n) is 6.25. The quantitative estimate of drug-likeness (QED) is 0.856. The van der Waals surface area contributed by atoms with Crippen LogP contribution in [0.1, 0.15) is 46.2 Å². The number of carbonyl (C=O) groups is 1. The summed E-state index contributed by atoms with van der Waals surface area (Å²) in [5, 5.41) is 0. The first-order valence-electron chi connectivity index (χ1n) is 6.28. The third-order valence-corrected chi connectivity index (χ3v) is 2.93. The van der Waals surface area contributed by atoms with Crippen LogP contribution < -0.4 is 5.73 Å². The van der Waals surface area contributed by atoms with Gasteiger partial charge in [0, 0.05) is 6.04 Å². The summed E-state index contributed by atoms with van der Waals surface area (Å²) in [5.41, 5.74) is 5.38. The summed E-state index contributed by atoms with van der Waals surface area (Å²) in [7, 11) is 0. The Morgan fingerprint density at radius 2 is 1.63 bits per heavy atom. The van der Waals surface area contributed by atoms with Gasteiger partial charge in [0.1, 0.15) is 11.4 Å². The van der Waals surface area contributed by atoms with E-state index in [0.29, 0.717) is 5.56 Å². The van der Waals surface area contributed by atoms with Crippen LogP contribution >= 0.6 is 0 Å². The van der Waals surface area contributed by atoms with Gasteiger partial charge in [0.25, 0.3) is 0 Å². The molecule has 3 nitrogen and oxygen atoms in total. The summed E-state index contributed by atoms with van der Waals surface area (Å²) in [6.07, 6.45) is 0. The molecule has 0 aliphatic carbocycles. The van der Waals surface area contributed by atoms with Gasteiger partial charge in [0.2, 0.25) is 0 Å². The smallest absolute Gasteiger partial charge is 0.313 e. The fourth-order valence-corrected chi connectivity index (χ4v) is 1.62. The van der Waals surface area contributed by atoms with Crippen molar-refractivity contribution in [2.75, 3.05) is 0 Å². The van der Waals surface area contributed by atoms with E-state index in [9.17, 15) is 9.18 Å². The van der Waals surface area contributed by atoms with E-state index in [2.05, 4.69) is 0 Å². The molecule has 19 heavy (non-hydrogen) atoms. The fourth-order valence-electron chi connectivity index (χ4n) is 1.62. The highest BCUT2D eigenvalue weighted by atomic mass is 19.1. The van der Waals surface area contributed by atoms with Crippen molar-refractivity contribution in [2.45, 2.75) is 46.3 Å². The lowest BCUT2D eigenvalue weighted by atomic mass is 9.81. The van der Waals surface area contributed by atoms with Gasteiger partial charge in [-0.2, -0.15) is 0 Å². The minimum absolute atomic E-state index is 0.328. The highest BCUT2D eigenvalue weighted by molar-refractivity contribution is 5.77. The van der Waals surface area contributed by atoms with E-state index in [1.54, 1.807) is 26.0 Å². The van der Waals surface area contributed by atoms with Crippen LogP contribution in [0.15, 0.2) is 24.3 Å². The lowest BCUT2D eigenvalue weighted by molar-refractivity contribution is -0.167. The highest BCUT2D eigenvalue weighted by Gasteiger charge is 2.38. The van der Waals surface area contributed by atoms with Gasteiger partial charge in [-0.3, -0.25) is 4.79 Å². The van der Waals surface area contributed by atoms with Gasteiger partial charge in [0.15, 0.2) is 0 Å². The first-order valence-corrected chi connectivity index (χ1v) is 6.28. The predicted octanol–water partition coefficient (Wildman–Crippen LogP) is 3.19. The molecule has 0 saturated heterocycles. The maximum atomic E-state index is 12.9. The Balaban J connectivity index is 2.92. The van der Waals surface area contributed by atoms with Gasteiger partial charge >= 0.3 is 5.97 Å². The Bertz CT molecular complexity index is 446. The molecule has 0 spiro atoms. The second-order valence-corrected chi connectivity index (χ2v) is 6.25. The molecule has 1 atom stereocenters.